The van der Waals surface area contributed by atoms with Crippen LogP contribution >= 0.6 is 7.75 Å². The van der Waals surface area contributed by atoms with Gasteiger partial charge in [-0.1, -0.05) is 71.8 Å². The van der Waals surface area contributed by atoms with Crippen LogP contribution in [0.1, 0.15) is 18.7 Å². The monoisotopic (exact) mass is 652 g/mol. The third-order valence-corrected chi connectivity index (χ3v) is 8.69. The molecule has 0 spiro atoms. The number of H-pyrrole nitrogens is 1. The summed E-state index contributed by atoms with van der Waals surface area (Å²) in [5.74, 6) is -0.703. The topological polar surface area (TPSA) is 227 Å². The van der Waals surface area contributed by atoms with Crippen LogP contribution in [0.25, 0.3) is 21.2 Å². The largest absolute Gasteiger partial charge is 0.460 e. The highest BCUT2D eigenvalue weighted by Gasteiger charge is 2.56. The summed E-state index contributed by atoms with van der Waals surface area (Å²) < 4.78 is 37.7. The molecule has 0 amide bonds. The molecule has 1 unspecified atom stereocenters. The number of nitrogens with zero attached hydrogens (tertiary/aromatic N) is 4. The molecule has 46 heavy (non-hydrogen) atoms. The van der Waals surface area contributed by atoms with Gasteiger partial charge in [0.1, 0.15) is 30.6 Å². The van der Waals surface area contributed by atoms with Crippen LogP contribution in [0.15, 0.2) is 99.8 Å². The summed E-state index contributed by atoms with van der Waals surface area (Å²) in [5, 5.41) is 29.0. The maximum Gasteiger partial charge on any atom is 0.459 e. The zero-order chi connectivity index (χ0) is 32.9. The Hall–Kier alpha value is -4.79. The highest BCUT2D eigenvalue weighted by molar-refractivity contribution is 7.52. The minimum atomic E-state index is -4.65. The van der Waals surface area contributed by atoms with Crippen LogP contribution in [-0.4, -0.2) is 56.3 Å². The molecular formula is C29H29N6O10P. The number of rotatable bonds is 12. The van der Waals surface area contributed by atoms with Gasteiger partial charge in [-0.25, -0.2) is 9.36 Å². The lowest BCUT2D eigenvalue weighted by molar-refractivity contribution is -0.146. The van der Waals surface area contributed by atoms with Gasteiger partial charge >= 0.3 is 19.4 Å². The molecule has 1 aromatic heterocycles. The average Bonchev–Trinajstić information content (AvgIpc) is 3.29. The number of aliphatic hydroxyl groups is 2. The van der Waals surface area contributed by atoms with Crippen LogP contribution in [0.2, 0.25) is 0 Å². The first kappa shape index (κ1) is 32.6. The van der Waals surface area contributed by atoms with E-state index in [2.05, 4.69) is 15.1 Å². The summed E-state index contributed by atoms with van der Waals surface area (Å²) in [7, 11) is -4.65. The first-order chi connectivity index (χ1) is 22.0. The van der Waals surface area contributed by atoms with Crippen molar-refractivity contribution in [1.29, 1.82) is 0 Å². The molecule has 16 nitrogen and oxygen atoms in total. The number of esters is 1. The molecule has 1 saturated heterocycles. The number of carbonyl (C=O) groups excluding carboxylic acids is 1. The molecule has 1 fully saturated rings. The van der Waals surface area contributed by atoms with E-state index in [1.807, 2.05) is 11.1 Å². The van der Waals surface area contributed by atoms with Gasteiger partial charge in [-0.15, -0.1) is 0 Å². The molecule has 0 saturated carbocycles. The number of aromatic nitrogens is 2. The fourth-order valence-corrected chi connectivity index (χ4v) is 6.28. The van der Waals surface area contributed by atoms with Crippen LogP contribution in [-0.2, 0) is 30.0 Å². The smallest absolute Gasteiger partial charge is 0.459 e. The number of nitrogens with one attached hydrogen (secondary N) is 2. The van der Waals surface area contributed by atoms with E-state index in [-0.39, 0.29) is 12.4 Å². The van der Waals surface area contributed by atoms with Gasteiger partial charge in [0.05, 0.1) is 6.61 Å². The van der Waals surface area contributed by atoms with Crippen LogP contribution in [0.4, 0.5) is 0 Å². The van der Waals surface area contributed by atoms with Crippen molar-refractivity contribution in [3.63, 3.8) is 0 Å². The first-order valence-corrected chi connectivity index (χ1v) is 15.4. The average molecular weight is 653 g/mol. The van der Waals surface area contributed by atoms with Gasteiger partial charge in [-0.3, -0.25) is 23.7 Å². The molecule has 3 aromatic carbocycles. The summed E-state index contributed by atoms with van der Waals surface area (Å²) in [6.07, 6.45) is -4.55. The molecule has 5 rings (SSSR count). The molecule has 2 heterocycles. The fraction of sp³-hybridized carbons (Fsp3) is 0.276. The maximum absolute atomic E-state index is 14.4. The van der Waals surface area contributed by atoms with Gasteiger partial charge in [0.15, 0.2) is 6.23 Å². The molecule has 1 aliphatic rings. The van der Waals surface area contributed by atoms with Crippen LogP contribution in [0.3, 0.4) is 0 Å². The van der Waals surface area contributed by atoms with Crippen molar-refractivity contribution in [3.8, 4) is 5.75 Å². The Morgan fingerprint density at radius 3 is 2.59 bits per heavy atom. The molecule has 0 aliphatic carbocycles. The second-order valence-corrected chi connectivity index (χ2v) is 12.0. The molecule has 17 heteroatoms. The minimum Gasteiger partial charge on any atom is -0.460 e. The Balaban J connectivity index is 1.43. The number of aliphatic hydroxyl groups excluding tert-OH is 2. The van der Waals surface area contributed by atoms with Crippen LogP contribution in [0, 0.1) is 0 Å². The van der Waals surface area contributed by atoms with E-state index in [4.69, 9.17) is 18.5 Å². The fourth-order valence-electron chi connectivity index (χ4n) is 4.74. The van der Waals surface area contributed by atoms with Gasteiger partial charge in [-0.2, -0.15) is 5.09 Å². The number of aromatic amines is 1. The molecule has 4 aromatic rings. The lowest BCUT2D eigenvalue weighted by Crippen LogP contribution is -2.45. The lowest BCUT2D eigenvalue weighted by Gasteiger charge is -2.29. The predicted molar refractivity (Wildman–Crippen MR) is 162 cm³/mol. The van der Waals surface area contributed by atoms with E-state index in [1.165, 1.54) is 13.0 Å². The molecule has 1 aliphatic heterocycles. The minimum absolute atomic E-state index is 0.0650. The van der Waals surface area contributed by atoms with Crippen molar-refractivity contribution in [2.24, 2.45) is 5.11 Å². The highest BCUT2D eigenvalue weighted by atomic mass is 31.2. The second kappa shape index (κ2) is 13.7. The number of benzene rings is 3. The van der Waals surface area contributed by atoms with Gasteiger partial charge in [0, 0.05) is 22.6 Å². The Kier molecular flexibility index (Phi) is 9.70. The first-order valence-electron chi connectivity index (χ1n) is 13.9. The van der Waals surface area contributed by atoms with Crippen molar-refractivity contribution < 1.29 is 38.1 Å². The number of azide groups is 1. The Morgan fingerprint density at radius 2 is 1.85 bits per heavy atom. The van der Waals surface area contributed by atoms with E-state index in [0.717, 1.165) is 22.2 Å². The maximum atomic E-state index is 14.4. The normalized spacial score (nSPS) is 22.8. The van der Waals surface area contributed by atoms with Crippen molar-refractivity contribution >= 4 is 24.5 Å². The Labute approximate surface area is 260 Å². The molecular weight excluding hydrogens is 623 g/mol. The van der Waals surface area contributed by atoms with E-state index in [0.29, 0.717) is 10.9 Å². The summed E-state index contributed by atoms with van der Waals surface area (Å²) in [4.78, 5) is 41.5. The lowest BCUT2D eigenvalue weighted by atomic mass is 10.1. The van der Waals surface area contributed by atoms with Gasteiger partial charge < -0.3 is 24.2 Å². The van der Waals surface area contributed by atoms with Crippen molar-refractivity contribution in [3.05, 3.63) is 122 Å². The van der Waals surface area contributed by atoms with Gasteiger partial charge in [0.2, 0.25) is 5.72 Å². The van der Waals surface area contributed by atoms with Crippen LogP contribution < -0.4 is 20.9 Å². The molecule has 240 valence electrons. The third-order valence-electron chi connectivity index (χ3n) is 7.08. The van der Waals surface area contributed by atoms with Gasteiger partial charge in [-0.05, 0) is 29.5 Å². The Morgan fingerprint density at radius 1 is 1.13 bits per heavy atom. The van der Waals surface area contributed by atoms with Crippen molar-refractivity contribution in [2.75, 3.05) is 6.61 Å². The standard InChI is InChI=1S/C29H29N6O10P/c1-18(27(39)42-16-19-8-3-2-4-9-19)32-46(41,45-22-13-7-11-20-10-5-6-12-21(20)22)43-17-29(33-34-30)25(38)24(37)26(44-29)35-15-14-23(36)31-28(35)40/h2-15,18,24-26,37-38H,16-17H2,1H3,(H,32,41)(H,31,36,40)/t18-,24-,25+,26+,29+,46?/m0/s1. The highest BCUT2D eigenvalue weighted by Crippen LogP contribution is 2.49. The molecule has 0 bridgehead atoms. The predicted octanol–water partition coefficient (Wildman–Crippen LogP) is 2.87. The number of ether oxygens (including phenoxy) is 2. The van der Waals surface area contributed by atoms with E-state index >= 15 is 0 Å². The van der Waals surface area contributed by atoms with E-state index in [9.17, 15) is 34.7 Å². The molecule has 0 radical (unpaired) electrons. The van der Waals surface area contributed by atoms with Gasteiger partial charge in [0.25, 0.3) is 5.56 Å². The third kappa shape index (κ3) is 7.03. The van der Waals surface area contributed by atoms with E-state index < -0.39 is 61.8 Å². The molecule has 6 atom stereocenters. The number of hydrogen-bond acceptors (Lipinski definition) is 11. The second-order valence-electron chi connectivity index (χ2n) is 10.3. The zero-order valence-corrected chi connectivity index (χ0v) is 25.1. The number of hydrogen-bond donors (Lipinski definition) is 4. The number of carbonyl (C=O) groups is 1. The summed E-state index contributed by atoms with van der Waals surface area (Å²) >= 11 is 0. The number of fused-ring (bicyclic) bond motifs is 1. The molecule has 4 N–H and O–H groups in total. The van der Waals surface area contributed by atoms with Crippen LogP contribution in [0.5, 0.6) is 5.75 Å². The van der Waals surface area contributed by atoms with Crippen molar-refractivity contribution in [2.45, 2.75) is 43.7 Å². The Bertz CT molecular complexity index is 1930. The van der Waals surface area contributed by atoms with Crippen molar-refractivity contribution in [1.82, 2.24) is 14.6 Å². The summed E-state index contributed by atoms with van der Waals surface area (Å²) in [6, 6.07) is 20.6. The summed E-state index contributed by atoms with van der Waals surface area (Å²) in [5.41, 5.74) is 5.88. The van der Waals surface area contributed by atoms with E-state index in [1.54, 1.807) is 60.7 Å². The SMILES string of the molecule is C[C@H](NP(=O)(OC[C@@]1(N=[N+]=[N-])O[C@@H](n2ccc(=O)[nH]c2=O)[C@@H](O)[C@H]1O)Oc1cccc2ccccc12)C(=O)OCc1ccccc1. The summed E-state index contributed by atoms with van der Waals surface area (Å²) in [6.45, 7) is 0.303. The zero-order valence-electron chi connectivity index (χ0n) is 24.2. The quantitative estimate of drug-likeness (QED) is 0.0572.